The molecule has 1 saturated heterocycles. The number of nitrogens with zero attached hydrogens (tertiary/aromatic N) is 5. The number of aromatic amines is 1. The van der Waals surface area contributed by atoms with E-state index in [0.717, 1.165) is 31.2 Å². The van der Waals surface area contributed by atoms with Crippen LogP contribution in [-0.4, -0.2) is 61.6 Å². The zero-order chi connectivity index (χ0) is 15.5. The van der Waals surface area contributed by atoms with E-state index in [1.807, 2.05) is 30.4 Å². The highest BCUT2D eigenvalue weighted by atomic mass is 16.2. The Morgan fingerprint density at radius 3 is 2.95 bits per heavy atom. The molecule has 22 heavy (non-hydrogen) atoms. The molecule has 2 aromatic rings. The number of hydrogen-bond donors (Lipinski definition) is 1. The van der Waals surface area contributed by atoms with Crippen molar-refractivity contribution >= 4 is 5.91 Å². The second kappa shape index (κ2) is 6.31. The average molecular weight is 302 g/mol. The second-order valence-corrected chi connectivity index (χ2v) is 5.62. The number of aryl methyl sites for hydroxylation is 1. The first kappa shape index (κ1) is 14.8. The minimum Gasteiger partial charge on any atom is -0.347 e. The van der Waals surface area contributed by atoms with E-state index in [2.05, 4.69) is 26.9 Å². The van der Waals surface area contributed by atoms with Crippen molar-refractivity contribution in [1.82, 2.24) is 29.5 Å². The van der Waals surface area contributed by atoms with Crippen LogP contribution in [0.2, 0.25) is 0 Å². The molecule has 1 fully saturated rings. The van der Waals surface area contributed by atoms with Crippen molar-refractivity contribution in [3.63, 3.8) is 0 Å². The molecular weight excluding hydrogens is 280 g/mol. The lowest BCUT2D eigenvalue weighted by molar-refractivity contribution is -0.133. The lowest BCUT2D eigenvalue weighted by atomic mass is 10.1. The summed E-state index contributed by atoms with van der Waals surface area (Å²) in [6.45, 7) is 5.40. The minimum atomic E-state index is 0.131. The Hall–Kier alpha value is -2.15. The van der Waals surface area contributed by atoms with Crippen molar-refractivity contribution in [1.29, 1.82) is 0 Å². The molecule has 7 heteroatoms. The van der Waals surface area contributed by atoms with Crippen LogP contribution in [0.15, 0.2) is 24.7 Å². The van der Waals surface area contributed by atoms with Crippen LogP contribution in [0.25, 0.3) is 0 Å². The van der Waals surface area contributed by atoms with Crippen LogP contribution in [0.3, 0.4) is 0 Å². The highest BCUT2D eigenvalue weighted by Crippen LogP contribution is 2.22. The zero-order valence-corrected chi connectivity index (χ0v) is 13.1. The van der Waals surface area contributed by atoms with Crippen LogP contribution in [0.1, 0.15) is 24.5 Å². The van der Waals surface area contributed by atoms with Gasteiger partial charge in [-0.05, 0) is 12.6 Å². The van der Waals surface area contributed by atoms with E-state index >= 15 is 0 Å². The summed E-state index contributed by atoms with van der Waals surface area (Å²) in [6.07, 6.45) is 5.82. The largest absolute Gasteiger partial charge is 0.347 e. The number of imidazole rings is 1. The van der Waals surface area contributed by atoms with E-state index in [0.29, 0.717) is 13.0 Å². The summed E-state index contributed by atoms with van der Waals surface area (Å²) in [6, 6.07) is 2.03. The van der Waals surface area contributed by atoms with Crippen molar-refractivity contribution in [2.45, 2.75) is 19.4 Å². The molecule has 7 nitrogen and oxygen atoms in total. The van der Waals surface area contributed by atoms with Crippen molar-refractivity contribution in [2.75, 3.05) is 26.2 Å². The van der Waals surface area contributed by atoms with Gasteiger partial charge in [0.1, 0.15) is 5.82 Å². The highest BCUT2D eigenvalue weighted by Gasteiger charge is 2.31. The Balaban J connectivity index is 1.68. The summed E-state index contributed by atoms with van der Waals surface area (Å²) < 4.78 is 1.73. The Bertz CT molecular complexity index is 620. The van der Waals surface area contributed by atoms with Crippen LogP contribution < -0.4 is 0 Å². The number of likely N-dealkylation sites (N-methyl/N-ethyl adjacent to an activating group) is 1. The van der Waals surface area contributed by atoms with Gasteiger partial charge in [-0.2, -0.15) is 5.10 Å². The Morgan fingerprint density at radius 1 is 1.45 bits per heavy atom. The fourth-order valence-electron chi connectivity index (χ4n) is 2.97. The molecule has 0 unspecified atom stereocenters. The van der Waals surface area contributed by atoms with Crippen molar-refractivity contribution in [3.8, 4) is 0 Å². The van der Waals surface area contributed by atoms with Crippen LogP contribution >= 0.6 is 0 Å². The van der Waals surface area contributed by atoms with Crippen molar-refractivity contribution < 1.29 is 4.79 Å². The van der Waals surface area contributed by atoms with Crippen molar-refractivity contribution in [2.24, 2.45) is 7.05 Å². The molecular formula is C15H22N6O. The molecule has 0 radical (unpaired) electrons. The molecule has 0 saturated carbocycles. The third-order valence-corrected chi connectivity index (χ3v) is 4.19. The molecule has 0 spiro atoms. The van der Waals surface area contributed by atoms with Crippen LogP contribution in [0, 0.1) is 0 Å². The summed E-state index contributed by atoms with van der Waals surface area (Å²) in [5, 5.41) is 4.29. The lowest BCUT2D eigenvalue weighted by Crippen LogP contribution is -2.51. The van der Waals surface area contributed by atoms with Gasteiger partial charge in [0, 0.05) is 45.3 Å². The Morgan fingerprint density at radius 2 is 2.32 bits per heavy atom. The maximum absolute atomic E-state index is 12.5. The van der Waals surface area contributed by atoms with Gasteiger partial charge in [-0.3, -0.25) is 14.4 Å². The number of carbonyl (C=O) groups excluding carboxylic acids is 1. The van der Waals surface area contributed by atoms with E-state index in [9.17, 15) is 4.79 Å². The van der Waals surface area contributed by atoms with Gasteiger partial charge < -0.3 is 9.88 Å². The Kier molecular flexibility index (Phi) is 4.24. The molecule has 3 rings (SSSR count). The van der Waals surface area contributed by atoms with E-state index in [1.165, 1.54) is 0 Å². The van der Waals surface area contributed by atoms with Gasteiger partial charge in [0.2, 0.25) is 5.91 Å². The molecule has 1 amide bonds. The summed E-state index contributed by atoms with van der Waals surface area (Å²) in [7, 11) is 1.86. The molecule has 118 valence electrons. The molecule has 0 aromatic carbocycles. The first-order chi connectivity index (χ1) is 10.7. The fourth-order valence-corrected chi connectivity index (χ4v) is 2.97. The monoisotopic (exact) mass is 302 g/mol. The molecule has 1 aliphatic rings. The molecule has 3 heterocycles. The summed E-state index contributed by atoms with van der Waals surface area (Å²) in [5.41, 5.74) is 0.819. The number of hydrogen-bond acceptors (Lipinski definition) is 4. The van der Waals surface area contributed by atoms with Gasteiger partial charge in [-0.1, -0.05) is 6.92 Å². The third-order valence-electron chi connectivity index (χ3n) is 4.19. The van der Waals surface area contributed by atoms with E-state index in [4.69, 9.17) is 0 Å². The molecule has 0 aliphatic carbocycles. The highest BCUT2D eigenvalue weighted by molar-refractivity contribution is 5.78. The van der Waals surface area contributed by atoms with Crippen LogP contribution in [0.4, 0.5) is 0 Å². The van der Waals surface area contributed by atoms with Gasteiger partial charge in [0.05, 0.1) is 18.2 Å². The Labute approximate surface area is 129 Å². The number of aromatic nitrogens is 4. The first-order valence-electron chi connectivity index (χ1n) is 7.67. The average Bonchev–Trinajstić information content (AvgIpc) is 3.18. The van der Waals surface area contributed by atoms with E-state index < -0.39 is 0 Å². The number of piperazine rings is 1. The SMILES string of the molecule is CCN1CCN(C(=O)Cc2ccn(C)n2)C[C@@H]1c1ncc[nH]1. The normalized spacial score (nSPS) is 19.5. The first-order valence-corrected chi connectivity index (χ1v) is 7.67. The quantitative estimate of drug-likeness (QED) is 0.897. The summed E-state index contributed by atoms with van der Waals surface area (Å²) in [4.78, 5) is 24.3. The van der Waals surface area contributed by atoms with Gasteiger partial charge in [0.25, 0.3) is 0 Å². The van der Waals surface area contributed by atoms with E-state index in [1.54, 1.807) is 10.9 Å². The summed E-state index contributed by atoms with van der Waals surface area (Å²) in [5.74, 6) is 1.06. The number of H-pyrrole nitrogens is 1. The van der Waals surface area contributed by atoms with Crippen LogP contribution in [-0.2, 0) is 18.3 Å². The minimum absolute atomic E-state index is 0.131. The molecule has 0 bridgehead atoms. The van der Waals surface area contributed by atoms with Gasteiger partial charge >= 0.3 is 0 Å². The number of nitrogens with one attached hydrogen (secondary N) is 1. The van der Waals surface area contributed by atoms with Crippen molar-refractivity contribution in [3.05, 3.63) is 36.2 Å². The number of rotatable bonds is 4. The molecule has 1 N–H and O–H groups in total. The van der Waals surface area contributed by atoms with Gasteiger partial charge in [0.15, 0.2) is 0 Å². The lowest BCUT2D eigenvalue weighted by Gasteiger charge is -2.40. The van der Waals surface area contributed by atoms with Crippen LogP contribution in [0.5, 0.6) is 0 Å². The van der Waals surface area contributed by atoms with E-state index in [-0.39, 0.29) is 11.9 Å². The standard InChI is InChI=1S/C15H22N6O/c1-3-20-8-9-21(11-13(20)15-16-5-6-17-15)14(22)10-12-4-7-19(2)18-12/h4-7,13H,3,8-11H2,1-2H3,(H,16,17)/t13-/m1/s1. The molecule has 1 atom stereocenters. The third kappa shape index (κ3) is 3.04. The van der Waals surface area contributed by atoms with Gasteiger partial charge in [-0.25, -0.2) is 4.98 Å². The predicted molar refractivity (Wildman–Crippen MR) is 82.1 cm³/mol. The number of carbonyl (C=O) groups is 1. The number of amides is 1. The second-order valence-electron chi connectivity index (χ2n) is 5.62. The molecule has 1 aliphatic heterocycles. The maximum Gasteiger partial charge on any atom is 0.228 e. The predicted octanol–water partition coefficient (Wildman–Crippen LogP) is 0.591. The molecule has 2 aromatic heterocycles. The fraction of sp³-hybridized carbons (Fsp3) is 0.533. The maximum atomic E-state index is 12.5. The summed E-state index contributed by atoms with van der Waals surface area (Å²) >= 11 is 0. The van der Waals surface area contributed by atoms with Gasteiger partial charge in [-0.15, -0.1) is 0 Å². The smallest absolute Gasteiger partial charge is 0.228 e. The zero-order valence-electron chi connectivity index (χ0n) is 13.1. The topological polar surface area (TPSA) is 70.1 Å².